The van der Waals surface area contributed by atoms with E-state index in [1.54, 1.807) is 12.2 Å². The summed E-state index contributed by atoms with van der Waals surface area (Å²) in [5, 5.41) is 9.07. The van der Waals surface area contributed by atoms with E-state index in [-0.39, 0.29) is 12.7 Å². The zero-order valence-electron chi connectivity index (χ0n) is 11.6. The van der Waals surface area contributed by atoms with E-state index in [0.717, 1.165) is 0 Å². The van der Waals surface area contributed by atoms with Crippen LogP contribution in [0.1, 0.15) is 37.5 Å². The monoisotopic (exact) mass is 290 g/mol. The molecule has 112 valence electrons. The molecule has 0 aliphatic carbocycles. The van der Waals surface area contributed by atoms with Gasteiger partial charge in [-0.15, -0.1) is 12.3 Å². The van der Waals surface area contributed by atoms with E-state index in [0.29, 0.717) is 31.2 Å². The number of aromatic amines is 1. The molecule has 21 heavy (non-hydrogen) atoms. The third-order valence-electron chi connectivity index (χ3n) is 3.35. The van der Waals surface area contributed by atoms with Crippen LogP contribution in [0.2, 0.25) is 0 Å². The smallest absolute Gasteiger partial charge is 0.330 e. The molecule has 0 radical (unpaired) electrons. The number of nitrogens with one attached hydrogen (secondary N) is 1. The van der Waals surface area contributed by atoms with Crippen molar-refractivity contribution in [2.75, 3.05) is 6.61 Å². The Bertz CT molecular complexity index is 665. The lowest BCUT2D eigenvalue weighted by molar-refractivity contribution is -0.0246. The van der Waals surface area contributed by atoms with Gasteiger partial charge in [0, 0.05) is 12.6 Å². The molecular formula is C15H18N2O4. The second-order valence-electron chi connectivity index (χ2n) is 4.87. The first-order chi connectivity index (χ1) is 10.2. The quantitative estimate of drug-likeness (QED) is 0.615. The molecule has 1 aliphatic heterocycles. The van der Waals surface area contributed by atoms with Crippen molar-refractivity contribution >= 4 is 6.08 Å². The number of rotatable bonds is 5. The zero-order valence-corrected chi connectivity index (χ0v) is 11.6. The van der Waals surface area contributed by atoms with E-state index in [1.165, 1.54) is 10.8 Å². The van der Waals surface area contributed by atoms with E-state index in [4.69, 9.17) is 16.3 Å². The fourth-order valence-corrected chi connectivity index (χ4v) is 2.24. The minimum atomic E-state index is -0.510. The van der Waals surface area contributed by atoms with Gasteiger partial charge in [0.15, 0.2) is 0 Å². The molecule has 0 amide bonds. The van der Waals surface area contributed by atoms with Crippen LogP contribution in [0.25, 0.3) is 6.08 Å². The maximum absolute atomic E-state index is 11.9. The first kappa shape index (κ1) is 15.3. The van der Waals surface area contributed by atoms with E-state index < -0.39 is 17.5 Å². The van der Waals surface area contributed by atoms with Crippen molar-refractivity contribution in [3.05, 3.63) is 38.7 Å². The Kier molecular flexibility index (Phi) is 5.14. The summed E-state index contributed by atoms with van der Waals surface area (Å²) in [6.07, 6.45) is 11.9. The van der Waals surface area contributed by atoms with Gasteiger partial charge >= 0.3 is 5.69 Å². The van der Waals surface area contributed by atoms with Crippen LogP contribution in [0.15, 0.2) is 21.9 Å². The Morgan fingerprint density at radius 2 is 2.33 bits per heavy atom. The highest BCUT2D eigenvalue weighted by atomic mass is 16.5. The molecule has 6 heteroatoms. The number of terminal acetylenes is 1. The molecule has 2 rings (SSSR count). The van der Waals surface area contributed by atoms with Crippen LogP contribution in [0.3, 0.4) is 0 Å². The molecule has 0 bridgehead atoms. The number of aliphatic hydroxyl groups is 1. The van der Waals surface area contributed by atoms with Gasteiger partial charge in [0.1, 0.15) is 6.23 Å². The minimum absolute atomic E-state index is 0.0759. The standard InChI is InChI=1S/C15H18N2O4/c1-2-3-4-5-6-11-9-17(15(20)16-14(11)19)13-8-7-12(10-18)21-13/h1,5-6,9,12-13,18H,3-4,7-8,10H2,(H,16,19,20)/b6-5+/t12-,13+/m0/s1. The van der Waals surface area contributed by atoms with Crippen LogP contribution in [-0.2, 0) is 4.74 Å². The second kappa shape index (κ2) is 7.07. The lowest BCUT2D eigenvalue weighted by atomic mass is 10.2. The third kappa shape index (κ3) is 3.72. The molecule has 1 aromatic rings. The summed E-state index contributed by atoms with van der Waals surface area (Å²) in [5.74, 6) is 2.51. The third-order valence-corrected chi connectivity index (χ3v) is 3.35. The van der Waals surface area contributed by atoms with Crippen LogP contribution in [-0.4, -0.2) is 27.4 Å². The Morgan fingerprint density at radius 1 is 1.52 bits per heavy atom. The molecule has 1 aliphatic rings. The fraction of sp³-hybridized carbons (Fsp3) is 0.467. The first-order valence-corrected chi connectivity index (χ1v) is 6.87. The van der Waals surface area contributed by atoms with Crippen molar-refractivity contribution in [2.24, 2.45) is 0 Å². The van der Waals surface area contributed by atoms with Crippen LogP contribution in [0.4, 0.5) is 0 Å². The summed E-state index contributed by atoms with van der Waals surface area (Å²) in [5.41, 5.74) is -0.572. The van der Waals surface area contributed by atoms with Crippen molar-refractivity contribution in [1.29, 1.82) is 0 Å². The van der Waals surface area contributed by atoms with Crippen LogP contribution >= 0.6 is 0 Å². The SMILES string of the molecule is C#CCC/C=C/c1cn([C@H]2CC[C@@H](CO)O2)c(=O)[nH]c1=O. The number of H-pyrrole nitrogens is 1. The Labute approximate surface area is 122 Å². The summed E-state index contributed by atoms with van der Waals surface area (Å²) in [4.78, 5) is 25.9. The zero-order chi connectivity index (χ0) is 15.2. The summed E-state index contributed by atoms with van der Waals surface area (Å²) < 4.78 is 6.91. The van der Waals surface area contributed by atoms with Crippen LogP contribution < -0.4 is 11.2 Å². The van der Waals surface area contributed by atoms with Gasteiger partial charge in [0.2, 0.25) is 0 Å². The van der Waals surface area contributed by atoms with E-state index >= 15 is 0 Å². The van der Waals surface area contributed by atoms with E-state index in [1.807, 2.05) is 0 Å². The van der Waals surface area contributed by atoms with Gasteiger partial charge in [0.25, 0.3) is 5.56 Å². The summed E-state index contributed by atoms with van der Waals surface area (Å²) in [6, 6.07) is 0. The van der Waals surface area contributed by atoms with Crippen molar-refractivity contribution in [2.45, 2.75) is 38.0 Å². The number of aromatic nitrogens is 2. The number of allylic oxidation sites excluding steroid dienone is 1. The molecule has 1 fully saturated rings. The van der Waals surface area contributed by atoms with Crippen molar-refractivity contribution in [3.63, 3.8) is 0 Å². The first-order valence-electron chi connectivity index (χ1n) is 6.87. The Morgan fingerprint density at radius 3 is 3.00 bits per heavy atom. The van der Waals surface area contributed by atoms with Gasteiger partial charge in [-0.1, -0.05) is 12.2 Å². The lowest BCUT2D eigenvalue weighted by Gasteiger charge is -2.15. The second-order valence-corrected chi connectivity index (χ2v) is 4.87. The number of nitrogens with zero attached hydrogens (tertiary/aromatic N) is 1. The average Bonchev–Trinajstić information content (AvgIpc) is 2.94. The average molecular weight is 290 g/mol. The van der Waals surface area contributed by atoms with Crippen LogP contribution in [0, 0.1) is 12.3 Å². The van der Waals surface area contributed by atoms with Gasteiger partial charge in [0.05, 0.1) is 18.3 Å². The van der Waals surface area contributed by atoms with Crippen molar-refractivity contribution in [1.82, 2.24) is 9.55 Å². The molecule has 6 nitrogen and oxygen atoms in total. The van der Waals surface area contributed by atoms with Crippen molar-refractivity contribution < 1.29 is 9.84 Å². The summed E-state index contributed by atoms with van der Waals surface area (Å²) >= 11 is 0. The summed E-state index contributed by atoms with van der Waals surface area (Å²) in [6.45, 7) is -0.0759. The molecule has 0 saturated carbocycles. The van der Waals surface area contributed by atoms with E-state index in [2.05, 4.69) is 10.9 Å². The highest BCUT2D eigenvalue weighted by Gasteiger charge is 2.26. The molecule has 2 atom stereocenters. The largest absolute Gasteiger partial charge is 0.394 e. The van der Waals surface area contributed by atoms with Gasteiger partial charge < -0.3 is 9.84 Å². The number of hydrogen-bond donors (Lipinski definition) is 2. The molecular weight excluding hydrogens is 272 g/mol. The number of hydrogen-bond acceptors (Lipinski definition) is 4. The van der Waals surface area contributed by atoms with E-state index in [9.17, 15) is 9.59 Å². The van der Waals surface area contributed by atoms with Gasteiger partial charge in [-0.2, -0.15) is 0 Å². The maximum atomic E-state index is 11.9. The maximum Gasteiger partial charge on any atom is 0.330 e. The number of ether oxygens (including phenoxy) is 1. The molecule has 1 aromatic heterocycles. The predicted molar refractivity (Wildman–Crippen MR) is 78.7 cm³/mol. The molecule has 2 N–H and O–H groups in total. The fourth-order valence-electron chi connectivity index (χ4n) is 2.24. The van der Waals surface area contributed by atoms with Gasteiger partial charge in [-0.25, -0.2) is 4.79 Å². The highest BCUT2D eigenvalue weighted by Crippen LogP contribution is 2.26. The van der Waals surface area contributed by atoms with Gasteiger partial charge in [-0.05, 0) is 19.3 Å². The molecule has 2 heterocycles. The van der Waals surface area contributed by atoms with Crippen LogP contribution in [0.5, 0.6) is 0 Å². The topological polar surface area (TPSA) is 84.3 Å². The Balaban J connectivity index is 2.23. The number of unbranched alkanes of at least 4 members (excludes halogenated alkanes) is 1. The predicted octanol–water partition coefficient (Wildman–Crippen LogP) is 0.633. The number of aliphatic hydroxyl groups excluding tert-OH is 1. The van der Waals surface area contributed by atoms with Gasteiger partial charge in [-0.3, -0.25) is 14.3 Å². The minimum Gasteiger partial charge on any atom is -0.394 e. The summed E-state index contributed by atoms with van der Waals surface area (Å²) in [7, 11) is 0. The molecule has 0 spiro atoms. The normalized spacial score (nSPS) is 21.7. The molecule has 0 aromatic carbocycles. The lowest BCUT2D eigenvalue weighted by Crippen LogP contribution is -2.33. The highest BCUT2D eigenvalue weighted by molar-refractivity contribution is 5.46. The molecule has 1 saturated heterocycles. The van der Waals surface area contributed by atoms with Crippen molar-refractivity contribution in [3.8, 4) is 12.3 Å². The molecule has 0 unspecified atom stereocenters. The Hall–Kier alpha value is -2.10.